The number of aromatic nitrogens is 2. The number of carbonyl (C=O) groups excluding carboxylic acids is 2. The first-order valence-corrected chi connectivity index (χ1v) is 15.7. The summed E-state index contributed by atoms with van der Waals surface area (Å²) in [6.07, 6.45) is 5.04. The van der Waals surface area contributed by atoms with Gasteiger partial charge in [0.2, 0.25) is 0 Å². The summed E-state index contributed by atoms with van der Waals surface area (Å²) in [6.45, 7) is 11.7. The molecular formula is C34H40FN5O5. The highest BCUT2D eigenvalue weighted by Gasteiger charge is 2.54. The van der Waals surface area contributed by atoms with E-state index in [9.17, 15) is 14.0 Å². The summed E-state index contributed by atoms with van der Waals surface area (Å²) < 4.78 is 32.1. The molecule has 1 saturated heterocycles. The first-order valence-electron chi connectivity index (χ1n) is 15.7. The fourth-order valence-corrected chi connectivity index (χ4v) is 6.81. The van der Waals surface area contributed by atoms with Crippen molar-refractivity contribution < 1.29 is 28.2 Å². The number of fused-ring (bicyclic) bond motifs is 1. The molecule has 45 heavy (non-hydrogen) atoms. The Morgan fingerprint density at radius 3 is 2.62 bits per heavy atom. The van der Waals surface area contributed by atoms with E-state index < -0.39 is 5.82 Å². The van der Waals surface area contributed by atoms with Crippen molar-refractivity contribution in [2.75, 3.05) is 37.7 Å². The molecule has 0 bridgehead atoms. The number of ether oxygens (including phenoxy) is 3. The molecule has 3 aliphatic rings. The lowest BCUT2D eigenvalue weighted by Gasteiger charge is -2.59. The van der Waals surface area contributed by atoms with Crippen LogP contribution in [-0.4, -0.2) is 76.6 Å². The van der Waals surface area contributed by atoms with Crippen LogP contribution >= 0.6 is 0 Å². The van der Waals surface area contributed by atoms with Crippen molar-refractivity contribution in [3.63, 3.8) is 0 Å². The zero-order chi connectivity index (χ0) is 31.7. The van der Waals surface area contributed by atoms with Gasteiger partial charge in [-0.15, -0.1) is 0 Å². The van der Waals surface area contributed by atoms with Gasteiger partial charge in [-0.25, -0.2) is 14.4 Å². The number of carbonyl (C=O) groups is 2. The van der Waals surface area contributed by atoms with Gasteiger partial charge in [0, 0.05) is 49.7 Å². The van der Waals surface area contributed by atoms with Crippen molar-refractivity contribution in [3.05, 3.63) is 71.4 Å². The van der Waals surface area contributed by atoms with E-state index in [4.69, 9.17) is 14.2 Å². The molecule has 2 aromatic carbocycles. The van der Waals surface area contributed by atoms with E-state index in [-0.39, 0.29) is 47.3 Å². The minimum atomic E-state index is -0.504. The molecule has 238 valence electrons. The van der Waals surface area contributed by atoms with Crippen molar-refractivity contribution in [1.29, 1.82) is 0 Å². The van der Waals surface area contributed by atoms with Crippen LogP contribution in [0.15, 0.2) is 48.9 Å². The van der Waals surface area contributed by atoms with E-state index in [0.717, 1.165) is 37.2 Å². The Morgan fingerprint density at radius 1 is 1.09 bits per heavy atom. The minimum absolute atomic E-state index is 0.0457. The largest absolute Gasteiger partial charge is 0.490 e. The number of hydrogen-bond donors (Lipinski definition) is 0. The van der Waals surface area contributed by atoms with Crippen LogP contribution in [-0.2, 0) is 22.6 Å². The third kappa shape index (κ3) is 6.31. The molecule has 1 aromatic heterocycles. The van der Waals surface area contributed by atoms with E-state index in [2.05, 4.69) is 25.8 Å². The average molecular weight is 618 g/mol. The molecule has 1 aliphatic carbocycles. The number of hydrogen-bond acceptors (Lipinski definition) is 9. The molecule has 0 unspecified atom stereocenters. The number of esters is 1. The molecule has 0 N–H and O–H groups in total. The fourth-order valence-electron chi connectivity index (χ4n) is 6.81. The molecule has 0 atom stereocenters. The first kappa shape index (κ1) is 30.8. The molecule has 1 saturated carbocycles. The molecule has 0 radical (unpaired) electrons. The van der Waals surface area contributed by atoms with Gasteiger partial charge in [-0.05, 0) is 70.4 Å². The number of benzene rings is 2. The van der Waals surface area contributed by atoms with Gasteiger partial charge < -0.3 is 24.0 Å². The Bertz CT molecular complexity index is 1570. The molecule has 2 aliphatic heterocycles. The van der Waals surface area contributed by atoms with E-state index >= 15 is 0 Å². The van der Waals surface area contributed by atoms with Crippen molar-refractivity contribution in [1.82, 2.24) is 19.8 Å². The lowest BCUT2D eigenvalue weighted by atomic mass is 9.61. The maximum Gasteiger partial charge on any atom is 0.320 e. The zero-order valence-electron chi connectivity index (χ0n) is 26.3. The van der Waals surface area contributed by atoms with Crippen LogP contribution in [0.25, 0.3) is 0 Å². The normalized spacial score (nSPS) is 17.1. The number of anilines is 1. The summed E-state index contributed by atoms with van der Waals surface area (Å²) in [6, 6.07) is 10.1. The topological polar surface area (TPSA) is 97.3 Å². The van der Waals surface area contributed by atoms with Gasteiger partial charge in [0.1, 0.15) is 29.7 Å². The highest BCUT2D eigenvalue weighted by Crippen LogP contribution is 2.52. The number of halogens is 1. The second kappa shape index (κ2) is 12.6. The van der Waals surface area contributed by atoms with Gasteiger partial charge in [0.25, 0.3) is 5.91 Å². The van der Waals surface area contributed by atoms with Gasteiger partial charge in [0.05, 0.1) is 24.9 Å². The predicted octanol–water partition coefficient (Wildman–Crippen LogP) is 5.21. The molecule has 6 rings (SSSR count). The summed E-state index contributed by atoms with van der Waals surface area (Å²) in [5, 5.41) is 0. The Balaban J connectivity index is 1.08. The Kier molecular flexibility index (Phi) is 8.63. The summed E-state index contributed by atoms with van der Waals surface area (Å²) in [7, 11) is 0. The van der Waals surface area contributed by atoms with Gasteiger partial charge in [0.15, 0.2) is 11.6 Å². The molecular weight excluding hydrogens is 577 g/mol. The third-order valence-electron chi connectivity index (χ3n) is 8.91. The summed E-state index contributed by atoms with van der Waals surface area (Å²) >= 11 is 0. The molecule has 10 nitrogen and oxygen atoms in total. The average Bonchev–Trinajstić information content (AvgIpc) is 3.38. The van der Waals surface area contributed by atoms with Crippen LogP contribution < -0.4 is 14.4 Å². The molecule has 1 spiro atoms. The molecule has 2 fully saturated rings. The number of amides is 1. The number of nitrogens with zero attached hydrogens (tertiary/aromatic N) is 5. The second-order valence-electron chi connectivity index (χ2n) is 12.5. The highest BCUT2D eigenvalue weighted by molar-refractivity contribution is 5.97. The van der Waals surface area contributed by atoms with E-state index in [0.29, 0.717) is 37.8 Å². The van der Waals surface area contributed by atoms with Crippen molar-refractivity contribution >= 4 is 17.7 Å². The smallest absolute Gasteiger partial charge is 0.320 e. The van der Waals surface area contributed by atoms with Crippen LogP contribution in [0.5, 0.6) is 17.2 Å². The molecule has 3 heterocycles. The van der Waals surface area contributed by atoms with E-state index in [1.54, 1.807) is 11.1 Å². The van der Waals surface area contributed by atoms with Gasteiger partial charge in [-0.2, -0.15) is 0 Å². The molecule has 11 heteroatoms. The Morgan fingerprint density at radius 2 is 1.89 bits per heavy atom. The van der Waals surface area contributed by atoms with Crippen LogP contribution in [0.2, 0.25) is 0 Å². The van der Waals surface area contributed by atoms with Gasteiger partial charge in [-0.3, -0.25) is 14.5 Å². The van der Waals surface area contributed by atoms with Crippen molar-refractivity contribution in [3.8, 4) is 17.2 Å². The van der Waals surface area contributed by atoms with Crippen LogP contribution in [0.3, 0.4) is 0 Å². The highest BCUT2D eigenvalue weighted by atomic mass is 19.1. The van der Waals surface area contributed by atoms with Crippen LogP contribution in [0, 0.1) is 11.2 Å². The quantitative estimate of drug-likeness (QED) is 0.269. The molecule has 3 aromatic rings. The third-order valence-corrected chi connectivity index (χ3v) is 8.91. The summed E-state index contributed by atoms with van der Waals surface area (Å²) in [5.74, 6) is 1.21. The Hall–Kier alpha value is -4.25. The van der Waals surface area contributed by atoms with Gasteiger partial charge in [-0.1, -0.05) is 12.1 Å². The summed E-state index contributed by atoms with van der Waals surface area (Å²) in [5.41, 5.74) is 2.64. The minimum Gasteiger partial charge on any atom is -0.490 e. The number of rotatable bonds is 11. The zero-order valence-corrected chi connectivity index (χ0v) is 26.3. The van der Waals surface area contributed by atoms with Crippen molar-refractivity contribution in [2.24, 2.45) is 5.41 Å². The van der Waals surface area contributed by atoms with Crippen molar-refractivity contribution in [2.45, 2.75) is 65.8 Å². The maximum atomic E-state index is 14.3. The van der Waals surface area contributed by atoms with Gasteiger partial charge >= 0.3 is 5.97 Å². The lowest BCUT2D eigenvalue weighted by Crippen LogP contribution is -2.65. The maximum absolute atomic E-state index is 14.3. The van der Waals surface area contributed by atoms with Crippen LogP contribution in [0.4, 0.5) is 10.2 Å². The van der Waals surface area contributed by atoms with E-state index in [1.807, 2.05) is 39.8 Å². The SMILES string of the molecule is CCOC(=O)CN1Cc2cccc(OC3CC4(C3)CN(c3ncncc3Oc3ccc(F)cc3C(=O)N(CC)C(C)C)C4)c2C1. The first-order chi connectivity index (χ1) is 21.7. The molecule has 1 amide bonds. The van der Waals surface area contributed by atoms with Crippen LogP contribution in [0.1, 0.15) is 62.0 Å². The Labute approximate surface area is 263 Å². The lowest BCUT2D eigenvalue weighted by molar-refractivity contribution is -0.144. The summed E-state index contributed by atoms with van der Waals surface area (Å²) in [4.78, 5) is 39.9. The second-order valence-corrected chi connectivity index (χ2v) is 12.5. The van der Waals surface area contributed by atoms with E-state index in [1.165, 1.54) is 30.1 Å². The fraction of sp³-hybridized carbons (Fsp3) is 0.471. The standard InChI is InChI=1S/C34H40FN5O5/c1-5-40(22(3)4)33(42)26-12-24(35)10-11-29(26)45-30-15-36-21-37-32(30)39-19-34(20-39)13-25(14-34)44-28-9-7-8-23-16-38(17-27(23)28)18-31(41)43-6-2/h7-12,15,21-22,25H,5-6,13-14,16-20H2,1-4H3. The predicted molar refractivity (Wildman–Crippen MR) is 166 cm³/mol. The monoisotopic (exact) mass is 617 g/mol.